The summed E-state index contributed by atoms with van der Waals surface area (Å²) in [5.74, 6) is 1.60. The highest BCUT2D eigenvalue weighted by Crippen LogP contribution is 2.33. The normalized spacial score (nSPS) is 19.4. The SMILES string of the molecule is CCCNCC(CCS(=O)(=O)C(C)(C)C)C1CCCC1. The highest BCUT2D eigenvalue weighted by Gasteiger charge is 2.31. The molecule has 20 heavy (non-hydrogen) atoms. The van der Waals surface area contributed by atoms with Crippen LogP contribution in [-0.2, 0) is 9.84 Å². The van der Waals surface area contributed by atoms with Gasteiger partial charge in [-0.3, -0.25) is 0 Å². The monoisotopic (exact) mass is 303 g/mol. The summed E-state index contributed by atoms with van der Waals surface area (Å²) in [6.45, 7) is 9.61. The van der Waals surface area contributed by atoms with Crippen LogP contribution in [0.5, 0.6) is 0 Å². The standard InChI is InChI=1S/C16H33NO2S/c1-5-11-17-13-15(14-8-6-7-9-14)10-12-20(18,19)16(2,3)4/h14-15,17H,5-13H2,1-4H3. The van der Waals surface area contributed by atoms with Crippen LogP contribution in [-0.4, -0.2) is 32.0 Å². The zero-order valence-electron chi connectivity index (χ0n) is 13.7. The number of nitrogens with one attached hydrogen (secondary N) is 1. The van der Waals surface area contributed by atoms with Gasteiger partial charge in [-0.25, -0.2) is 8.42 Å². The van der Waals surface area contributed by atoms with Gasteiger partial charge >= 0.3 is 0 Å². The minimum absolute atomic E-state index is 0.339. The average molecular weight is 304 g/mol. The minimum atomic E-state index is -2.98. The topological polar surface area (TPSA) is 46.2 Å². The van der Waals surface area contributed by atoms with Crippen LogP contribution in [0.2, 0.25) is 0 Å². The van der Waals surface area contributed by atoms with Gasteiger partial charge in [0.15, 0.2) is 9.84 Å². The largest absolute Gasteiger partial charge is 0.316 e. The van der Waals surface area contributed by atoms with Crippen LogP contribution in [0.15, 0.2) is 0 Å². The summed E-state index contributed by atoms with van der Waals surface area (Å²) in [4.78, 5) is 0. The third-order valence-electron chi connectivity index (χ3n) is 4.59. The van der Waals surface area contributed by atoms with Crippen molar-refractivity contribution in [2.75, 3.05) is 18.8 Å². The molecular formula is C16H33NO2S. The molecule has 0 aromatic carbocycles. The molecule has 0 aliphatic heterocycles. The van der Waals surface area contributed by atoms with E-state index in [2.05, 4.69) is 12.2 Å². The number of rotatable bonds is 8. The quantitative estimate of drug-likeness (QED) is 0.699. The second-order valence-electron chi connectivity index (χ2n) is 7.23. The molecule has 3 nitrogen and oxygen atoms in total. The first-order valence-corrected chi connectivity index (χ1v) is 9.86. The molecule has 0 aromatic heterocycles. The first kappa shape index (κ1) is 18.0. The third-order valence-corrected chi connectivity index (χ3v) is 7.23. The Hall–Kier alpha value is -0.0900. The van der Waals surface area contributed by atoms with E-state index < -0.39 is 14.6 Å². The maximum Gasteiger partial charge on any atom is 0.155 e. The first-order chi connectivity index (χ1) is 9.28. The Morgan fingerprint density at radius 1 is 1.20 bits per heavy atom. The zero-order chi connectivity index (χ0) is 15.2. The van der Waals surface area contributed by atoms with Gasteiger partial charge in [-0.1, -0.05) is 32.6 Å². The van der Waals surface area contributed by atoms with Gasteiger partial charge in [-0.05, 0) is 58.5 Å². The number of sulfone groups is 1. The van der Waals surface area contributed by atoms with Crippen LogP contribution in [0.1, 0.15) is 66.2 Å². The van der Waals surface area contributed by atoms with Crippen LogP contribution >= 0.6 is 0 Å². The lowest BCUT2D eigenvalue weighted by Gasteiger charge is -2.26. The van der Waals surface area contributed by atoms with E-state index in [0.717, 1.165) is 31.8 Å². The lowest BCUT2D eigenvalue weighted by Crippen LogP contribution is -2.34. The molecule has 1 N–H and O–H groups in total. The van der Waals surface area contributed by atoms with Gasteiger partial charge in [0, 0.05) is 0 Å². The van der Waals surface area contributed by atoms with Gasteiger partial charge in [-0.15, -0.1) is 0 Å². The number of hydrogen-bond acceptors (Lipinski definition) is 3. The maximum atomic E-state index is 12.3. The second-order valence-corrected chi connectivity index (χ2v) is 10.1. The highest BCUT2D eigenvalue weighted by atomic mass is 32.2. The lowest BCUT2D eigenvalue weighted by molar-refractivity contribution is 0.314. The van der Waals surface area contributed by atoms with Gasteiger partial charge in [0.2, 0.25) is 0 Å². The third kappa shape index (κ3) is 5.36. The fraction of sp³-hybridized carbons (Fsp3) is 1.00. The van der Waals surface area contributed by atoms with Crippen molar-refractivity contribution in [1.82, 2.24) is 5.32 Å². The molecule has 1 fully saturated rings. The fourth-order valence-electron chi connectivity index (χ4n) is 3.01. The Balaban J connectivity index is 2.55. The molecule has 120 valence electrons. The summed E-state index contributed by atoms with van der Waals surface area (Å²) >= 11 is 0. The summed E-state index contributed by atoms with van der Waals surface area (Å²) in [5, 5.41) is 3.49. The Morgan fingerprint density at radius 2 is 1.80 bits per heavy atom. The van der Waals surface area contributed by atoms with Crippen molar-refractivity contribution >= 4 is 9.84 Å². The molecule has 0 heterocycles. The van der Waals surface area contributed by atoms with Crippen LogP contribution in [0.3, 0.4) is 0 Å². The summed E-state index contributed by atoms with van der Waals surface area (Å²) in [5.41, 5.74) is 0. The maximum absolute atomic E-state index is 12.3. The smallest absolute Gasteiger partial charge is 0.155 e. The average Bonchev–Trinajstić information content (AvgIpc) is 2.85. The molecule has 1 atom stereocenters. The van der Waals surface area contributed by atoms with Crippen LogP contribution < -0.4 is 5.32 Å². The fourth-order valence-corrected chi connectivity index (χ4v) is 4.24. The lowest BCUT2D eigenvalue weighted by atomic mass is 9.88. The highest BCUT2D eigenvalue weighted by molar-refractivity contribution is 7.92. The Kier molecular flexibility index (Phi) is 6.99. The van der Waals surface area contributed by atoms with Gasteiger partial charge in [-0.2, -0.15) is 0 Å². The van der Waals surface area contributed by atoms with Gasteiger partial charge in [0.25, 0.3) is 0 Å². The minimum Gasteiger partial charge on any atom is -0.316 e. The van der Waals surface area contributed by atoms with Gasteiger partial charge in [0.1, 0.15) is 0 Å². The molecule has 0 aromatic rings. The Labute approximate surface area is 125 Å². The van der Waals surface area contributed by atoms with E-state index in [1.807, 2.05) is 20.8 Å². The van der Waals surface area contributed by atoms with E-state index >= 15 is 0 Å². The van der Waals surface area contributed by atoms with Crippen molar-refractivity contribution < 1.29 is 8.42 Å². The summed E-state index contributed by atoms with van der Waals surface area (Å²) in [7, 11) is -2.98. The van der Waals surface area contributed by atoms with E-state index in [1.54, 1.807) is 0 Å². The van der Waals surface area contributed by atoms with Crippen molar-refractivity contribution in [2.45, 2.75) is 71.0 Å². The first-order valence-electron chi connectivity index (χ1n) is 8.21. The molecule has 1 unspecified atom stereocenters. The predicted molar refractivity (Wildman–Crippen MR) is 86.8 cm³/mol. The van der Waals surface area contributed by atoms with E-state index in [4.69, 9.17) is 0 Å². The second kappa shape index (κ2) is 7.79. The molecule has 1 saturated carbocycles. The van der Waals surface area contributed by atoms with Crippen molar-refractivity contribution in [1.29, 1.82) is 0 Å². The van der Waals surface area contributed by atoms with Gasteiger partial charge < -0.3 is 5.32 Å². The van der Waals surface area contributed by atoms with Crippen molar-refractivity contribution in [3.05, 3.63) is 0 Å². The molecule has 4 heteroatoms. The molecule has 0 spiro atoms. The molecule has 0 saturated heterocycles. The Bertz CT molecular complexity index is 364. The predicted octanol–water partition coefficient (Wildman–Crippen LogP) is 3.40. The van der Waals surface area contributed by atoms with Crippen molar-refractivity contribution in [2.24, 2.45) is 11.8 Å². The zero-order valence-corrected chi connectivity index (χ0v) is 14.6. The molecule has 0 bridgehead atoms. The summed E-state index contributed by atoms with van der Waals surface area (Å²) < 4.78 is 23.9. The molecule has 1 aliphatic carbocycles. The Morgan fingerprint density at radius 3 is 2.30 bits per heavy atom. The van der Waals surface area contributed by atoms with E-state index in [-0.39, 0.29) is 0 Å². The van der Waals surface area contributed by atoms with Crippen molar-refractivity contribution in [3.8, 4) is 0 Å². The van der Waals surface area contributed by atoms with Gasteiger partial charge in [0.05, 0.1) is 10.5 Å². The molecule has 0 radical (unpaired) electrons. The molecular weight excluding hydrogens is 270 g/mol. The van der Waals surface area contributed by atoms with Crippen LogP contribution in [0, 0.1) is 11.8 Å². The van der Waals surface area contributed by atoms with Crippen LogP contribution in [0.25, 0.3) is 0 Å². The number of hydrogen-bond donors (Lipinski definition) is 1. The molecule has 1 aliphatic rings. The van der Waals surface area contributed by atoms with E-state index in [0.29, 0.717) is 11.7 Å². The summed E-state index contributed by atoms with van der Waals surface area (Å²) in [6, 6.07) is 0. The van der Waals surface area contributed by atoms with Crippen molar-refractivity contribution in [3.63, 3.8) is 0 Å². The van der Waals surface area contributed by atoms with E-state index in [9.17, 15) is 8.42 Å². The van der Waals surface area contributed by atoms with Crippen LogP contribution in [0.4, 0.5) is 0 Å². The molecule has 1 rings (SSSR count). The van der Waals surface area contributed by atoms with E-state index in [1.165, 1.54) is 25.7 Å². The molecule has 0 amide bonds. The summed E-state index contributed by atoms with van der Waals surface area (Å²) in [6.07, 6.45) is 7.17.